The molecule has 1 rings (SSSR count). The second kappa shape index (κ2) is 5.39. The minimum absolute atomic E-state index is 0.291. The molecule has 0 saturated heterocycles. The summed E-state index contributed by atoms with van der Waals surface area (Å²) in [5.74, 6) is -0.861. The molecular formula is C10H9F6N. The first-order valence-corrected chi connectivity index (χ1v) is 4.65. The minimum atomic E-state index is -4.58. The maximum absolute atomic E-state index is 13.1. The number of benzene rings is 1. The normalized spacial score (nSPS) is 12.2. The maximum atomic E-state index is 13.1. The summed E-state index contributed by atoms with van der Waals surface area (Å²) in [7, 11) is 0. The van der Waals surface area contributed by atoms with E-state index in [1.165, 1.54) is 0 Å². The summed E-state index contributed by atoms with van der Waals surface area (Å²) in [5, 5.41) is 2.16. The monoisotopic (exact) mass is 257 g/mol. The van der Waals surface area contributed by atoms with Gasteiger partial charge in [-0.15, -0.1) is 0 Å². The first-order valence-electron chi connectivity index (χ1n) is 4.65. The van der Waals surface area contributed by atoms with Gasteiger partial charge in [0.1, 0.15) is 5.82 Å². The van der Waals surface area contributed by atoms with Crippen LogP contribution in [0.4, 0.5) is 26.3 Å². The Kier molecular flexibility index (Phi) is 4.39. The standard InChI is InChI=1S/C10H9F6N/c11-8-2-1-7(10(14,15)16)3-6(8)4-17-5-9(12)13/h1-3,9,17H,4-5H2. The zero-order valence-electron chi connectivity index (χ0n) is 8.49. The van der Waals surface area contributed by atoms with E-state index in [0.717, 1.165) is 0 Å². The van der Waals surface area contributed by atoms with Gasteiger partial charge in [-0.2, -0.15) is 13.2 Å². The molecule has 0 fully saturated rings. The molecule has 0 amide bonds. The van der Waals surface area contributed by atoms with Gasteiger partial charge in [0, 0.05) is 12.1 Å². The molecule has 96 valence electrons. The Labute approximate surface area is 93.4 Å². The highest BCUT2D eigenvalue weighted by Crippen LogP contribution is 2.30. The van der Waals surface area contributed by atoms with Gasteiger partial charge in [0.05, 0.1) is 12.1 Å². The second-order valence-corrected chi connectivity index (χ2v) is 3.33. The fourth-order valence-corrected chi connectivity index (χ4v) is 1.20. The molecule has 0 radical (unpaired) electrons. The highest BCUT2D eigenvalue weighted by Gasteiger charge is 2.30. The molecule has 1 nitrogen and oxygen atoms in total. The Morgan fingerprint density at radius 2 is 1.82 bits per heavy atom. The van der Waals surface area contributed by atoms with E-state index in [4.69, 9.17) is 0 Å². The average molecular weight is 257 g/mol. The van der Waals surface area contributed by atoms with Crippen LogP contribution in [0.25, 0.3) is 0 Å². The van der Waals surface area contributed by atoms with E-state index in [1.807, 2.05) is 0 Å². The number of hydrogen-bond donors (Lipinski definition) is 1. The van der Waals surface area contributed by atoms with Crippen LogP contribution in [0.2, 0.25) is 0 Å². The van der Waals surface area contributed by atoms with Crippen LogP contribution in [-0.2, 0) is 12.7 Å². The van der Waals surface area contributed by atoms with Crippen molar-refractivity contribution in [2.24, 2.45) is 0 Å². The SMILES string of the molecule is Fc1ccc(C(F)(F)F)cc1CNCC(F)F. The molecule has 1 N–H and O–H groups in total. The lowest BCUT2D eigenvalue weighted by Crippen LogP contribution is -2.21. The van der Waals surface area contributed by atoms with E-state index in [1.54, 1.807) is 0 Å². The summed E-state index contributed by atoms with van der Waals surface area (Å²) in [4.78, 5) is 0. The lowest BCUT2D eigenvalue weighted by atomic mass is 10.1. The molecule has 7 heteroatoms. The Morgan fingerprint density at radius 3 is 2.35 bits per heavy atom. The molecule has 1 aromatic rings. The first kappa shape index (κ1) is 13.8. The van der Waals surface area contributed by atoms with Crippen LogP contribution in [0.3, 0.4) is 0 Å². The number of alkyl halides is 5. The van der Waals surface area contributed by atoms with Gasteiger partial charge in [0.25, 0.3) is 6.43 Å². The molecule has 0 aliphatic heterocycles. The van der Waals surface area contributed by atoms with Crippen molar-refractivity contribution < 1.29 is 26.3 Å². The molecule has 0 aliphatic rings. The molecule has 17 heavy (non-hydrogen) atoms. The van der Waals surface area contributed by atoms with Crippen LogP contribution in [0.1, 0.15) is 11.1 Å². The zero-order chi connectivity index (χ0) is 13.1. The van der Waals surface area contributed by atoms with Crippen LogP contribution in [0, 0.1) is 5.82 Å². The van der Waals surface area contributed by atoms with E-state index in [0.29, 0.717) is 18.2 Å². The third-order valence-electron chi connectivity index (χ3n) is 1.99. The zero-order valence-corrected chi connectivity index (χ0v) is 8.49. The molecule has 0 aliphatic carbocycles. The summed E-state index contributed by atoms with van der Waals surface area (Å²) in [6, 6.07) is 1.88. The van der Waals surface area contributed by atoms with Crippen molar-refractivity contribution in [1.29, 1.82) is 0 Å². The van der Waals surface area contributed by atoms with Gasteiger partial charge >= 0.3 is 6.18 Å². The van der Waals surface area contributed by atoms with Crippen molar-refractivity contribution in [1.82, 2.24) is 5.32 Å². The summed E-state index contributed by atoms with van der Waals surface area (Å²) < 4.78 is 73.5. The van der Waals surface area contributed by atoms with E-state index in [-0.39, 0.29) is 12.1 Å². The molecule has 0 atom stereocenters. The van der Waals surface area contributed by atoms with Crippen molar-refractivity contribution in [3.63, 3.8) is 0 Å². The molecule has 1 aromatic carbocycles. The number of hydrogen-bond acceptors (Lipinski definition) is 1. The van der Waals surface area contributed by atoms with E-state index < -0.39 is 30.5 Å². The van der Waals surface area contributed by atoms with Crippen molar-refractivity contribution in [3.8, 4) is 0 Å². The molecule has 0 spiro atoms. The molecule has 0 bridgehead atoms. The van der Waals surface area contributed by atoms with Crippen LogP contribution < -0.4 is 5.32 Å². The van der Waals surface area contributed by atoms with Gasteiger partial charge in [0.2, 0.25) is 0 Å². The van der Waals surface area contributed by atoms with Gasteiger partial charge in [-0.1, -0.05) is 0 Å². The lowest BCUT2D eigenvalue weighted by molar-refractivity contribution is -0.137. The van der Waals surface area contributed by atoms with Crippen LogP contribution in [0.15, 0.2) is 18.2 Å². The minimum Gasteiger partial charge on any atom is -0.307 e. The van der Waals surface area contributed by atoms with E-state index in [2.05, 4.69) is 5.32 Å². The Balaban J connectivity index is 2.77. The van der Waals surface area contributed by atoms with Crippen LogP contribution >= 0.6 is 0 Å². The van der Waals surface area contributed by atoms with Gasteiger partial charge in [-0.25, -0.2) is 13.2 Å². The van der Waals surface area contributed by atoms with Crippen molar-refractivity contribution in [2.75, 3.05) is 6.54 Å². The predicted molar refractivity (Wildman–Crippen MR) is 49.1 cm³/mol. The van der Waals surface area contributed by atoms with E-state index >= 15 is 0 Å². The summed E-state index contributed by atoms with van der Waals surface area (Å²) in [5.41, 5.74) is -1.30. The van der Waals surface area contributed by atoms with Crippen molar-refractivity contribution in [3.05, 3.63) is 35.1 Å². The van der Waals surface area contributed by atoms with Crippen LogP contribution in [0.5, 0.6) is 0 Å². The summed E-state index contributed by atoms with van der Waals surface area (Å²) in [6.45, 7) is -1.07. The third kappa shape index (κ3) is 4.26. The Hall–Kier alpha value is -1.24. The summed E-state index contributed by atoms with van der Waals surface area (Å²) >= 11 is 0. The number of rotatable bonds is 4. The van der Waals surface area contributed by atoms with Crippen molar-refractivity contribution >= 4 is 0 Å². The quantitative estimate of drug-likeness (QED) is 0.817. The summed E-state index contributed by atoms with van der Waals surface area (Å²) in [6.07, 6.45) is -7.21. The fraction of sp³-hybridized carbons (Fsp3) is 0.400. The lowest BCUT2D eigenvalue weighted by Gasteiger charge is -2.10. The highest BCUT2D eigenvalue weighted by atomic mass is 19.4. The number of halogens is 6. The molecule has 0 unspecified atom stereocenters. The largest absolute Gasteiger partial charge is 0.416 e. The number of nitrogens with one attached hydrogen (secondary N) is 1. The van der Waals surface area contributed by atoms with Gasteiger partial charge in [0.15, 0.2) is 0 Å². The molecule has 0 aromatic heterocycles. The Bertz CT molecular complexity index is 374. The van der Waals surface area contributed by atoms with Gasteiger partial charge in [-0.3, -0.25) is 0 Å². The smallest absolute Gasteiger partial charge is 0.307 e. The van der Waals surface area contributed by atoms with Crippen LogP contribution in [-0.4, -0.2) is 13.0 Å². The topological polar surface area (TPSA) is 12.0 Å². The third-order valence-corrected chi connectivity index (χ3v) is 1.99. The molecular weight excluding hydrogens is 248 g/mol. The van der Waals surface area contributed by atoms with E-state index in [9.17, 15) is 26.3 Å². The van der Waals surface area contributed by atoms with Gasteiger partial charge in [-0.05, 0) is 18.2 Å². The fourth-order valence-electron chi connectivity index (χ4n) is 1.20. The highest BCUT2D eigenvalue weighted by molar-refractivity contribution is 5.27. The predicted octanol–water partition coefficient (Wildman–Crippen LogP) is 3.20. The Morgan fingerprint density at radius 1 is 1.18 bits per heavy atom. The molecule has 0 saturated carbocycles. The van der Waals surface area contributed by atoms with Crippen molar-refractivity contribution in [2.45, 2.75) is 19.1 Å². The maximum Gasteiger partial charge on any atom is 0.416 e. The molecule has 0 heterocycles. The second-order valence-electron chi connectivity index (χ2n) is 3.33. The first-order chi connectivity index (χ1) is 7.80. The van der Waals surface area contributed by atoms with Gasteiger partial charge < -0.3 is 5.32 Å². The average Bonchev–Trinajstić information content (AvgIpc) is 2.18.